The lowest BCUT2D eigenvalue weighted by Gasteiger charge is -2.46. The number of ketones is 1. The molecule has 0 atom stereocenters. The van der Waals surface area contributed by atoms with Gasteiger partial charge in [-0.1, -0.05) is 78.9 Å². The summed E-state index contributed by atoms with van der Waals surface area (Å²) in [6.45, 7) is 0.372. The molecular formula is C46H26BF24NOS. The summed E-state index contributed by atoms with van der Waals surface area (Å²) >= 11 is 4.20. The molecule has 74 heavy (non-hydrogen) atoms. The number of halogens is 24. The lowest BCUT2D eigenvalue weighted by atomic mass is 9.12. The number of thiol groups is 1. The Hall–Kier alpha value is -6.35. The fourth-order valence-corrected chi connectivity index (χ4v) is 7.86. The van der Waals surface area contributed by atoms with Gasteiger partial charge in [-0.2, -0.15) is 144 Å². The zero-order valence-electron chi connectivity index (χ0n) is 36.0. The van der Waals surface area contributed by atoms with Crippen molar-refractivity contribution in [2.75, 3.05) is 0 Å². The second kappa shape index (κ2) is 20.4. The number of rotatable bonds is 8. The smallest absolute Gasteiger partial charge is 0.287 e. The fraction of sp³-hybridized carbons (Fsp3) is 0.217. The maximum atomic E-state index is 14.2. The highest BCUT2D eigenvalue weighted by Gasteiger charge is 2.47. The number of alkyl halides is 24. The minimum Gasteiger partial charge on any atom is -0.287 e. The molecule has 2 nitrogen and oxygen atoms in total. The van der Waals surface area contributed by atoms with Gasteiger partial charge >= 0.3 is 49.4 Å². The van der Waals surface area contributed by atoms with Gasteiger partial charge in [0.25, 0.3) is 0 Å². The average molecular weight is 1110 g/mol. The molecule has 6 rings (SSSR count). The first-order chi connectivity index (χ1) is 33.6. The summed E-state index contributed by atoms with van der Waals surface area (Å²) in [5.74, 6) is 0.835. The van der Waals surface area contributed by atoms with E-state index >= 15 is 0 Å². The van der Waals surface area contributed by atoms with Gasteiger partial charge in [0.15, 0.2) is 12.4 Å². The van der Waals surface area contributed by atoms with E-state index in [2.05, 4.69) is 12.6 Å². The Balaban J connectivity index is 0.000000500. The van der Waals surface area contributed by atoms with Gasteiger partial charge in [-0.15, -0.1) is 0 Å². The van der Waals surface area contributed by atoms with Crippen LogP contribution in [-0.4, -0.2) is 11.9 Å². The Kier molecular flexibility index (Phi) is 16.1. The number of carbonyl (C=O) groups excluding carboxylic acids is 1. The summed E-state index contributed by atoms with van der Waals surface area (Å²) in [7, 11) is 0. The predicted octanol–water partition coefficient (Wildman–Crippen LogP) is 13.5. The topological polar surface area (TPSA) is 20.9 Å². The molecule has 0 saturated carbocycles. The minimum atomic E-state index is -6.13. The number of hydrogen-bond acceptors (Lipinski definition) is 2. The van der Waals surface area contributed by atoms with Crippen molar-refractivity contribution >= 4 is 46.4 Å². The van der Waals surface area contributed by atoms with Crippen molar-refractivity contribution in [1.29, 1.82) is 0 Å². The van der Waals surface area contributed by atoms with E-state index in [9.17, 15) is 110 Å². The number of carbonyl (C=O) groups is 1. The van der Waals surface area contributed by atoms with E-state index in [1.807, 2.05) is 59.4 Å². The molecule has 0 bridgehead atoms. The molecule has 0 aliphatic rings. The molecule has 0 aliphatic carbocycles. The third kappa shape index (κ3) is 13.7. The third-order valence-corrected chi connectivity index (χ3v) is 11.4. The third-order valence-electron chi connectivity index (χ3n) is 11.0. The zero-order valence-corrected chi connectivity index (χ0v) is 36.9. The molecule has 0 amide bonds. The summed E-state index contributed by atoms with van der Waals surface area (Å²) < 4.78 is 343. The highest BCUT2D eigenvalue weighted by atomic mass is 32.1. The predicted molar refractivity (Wildman–Crippen MR) is 220 cm³/mol. The molecule has 0 saturated heterocycles. The van der Waals surface area contributed by atoms with Crippen LogP contribution in [0.5, 0.6) is 0 Å². The Morgan fingerprint density at radius 3 is 0.797 bits per heavy atom. The fourth-order valence-electron chi connectivity index (χ4n) is 7.65. The summed E-state index contributed by atoms with van der Waals surface area (Å²) in [6, 6.07) is 4.48. The Labute approximate surface area is 405 Å². The Bertz CT molecular complexity index is 2530. The van der Waals surface area contributed by atoms with Gasteiger partial charge < -0.3 is 0 Å². The van der Waals surface area contributed by atoms with E-state index in [4.69, 9.17) is 0 Å². The van der Waals surface area contributed by atoms with Crippen molar-refractivity contribution in [3.8, 4) is 0 Å². The molecule has 0 radical (unpaired) electrons. The largest absolute Gasteiger partial charge is 0.416 e. The van der Waals surface area contributed by atoms with Crippen molar-refractivity contribution in [2.24, 2.45) is 0 Å². The zero-order chi connectivity index (χ0) is 56.0. The van der Waals surface area contributed by atoms with Crippen molar-refractivity contribution in [2.45, 2.75) is 61.7 Å². The van der Waals surface area contributed by atoms with Crippen LogP contribution >= 0.6 is 12.6 Å². The molecule has 1 heterocycles. The van der Waals surface area contributed by atoms with Gasteiger partial charge in [0.1, 0.15) is 6.15 Å². The van der Waals surface area contributed by atoms with Crippen LogP contribution in [0, 0.1) is 0 Å². The van der Waals surface area contributed by atoms with Crippen molar-refractivity contribution in [3.05, 3.63) is 183 Å². The first-order valence-electron chi connectivity index (χ1n) is 20.1. The molecule has 398 valence electrons. The number of pyridine rings is 1. The van der Waals surface area contributed by atoms with Crippen LogP contribution in [0.3, 0.4) is 0 Å². The maximum absolute atomic E-state index is 14.2. The second-order valence-corrected chi connectivity index (χ2v) is 16.4. The van der Waals surface area contributed by atoms with E-state index in [0.717, 1.165) is 11.1 Å². The number of Topliss-reactive ketones (excluding diaryl/α,β-unsaturated/α-hetero) is 1. The van der Waals surface area contributed by atoms with Gasteiger partial charge in [-0.05, 0) is 29.8 Å². The second-order valence-electron chi connectivity index (χ2n) is 16.0. The number of aromatic nitrogens is 1. The summed E-state index contributed by atoms with van der Waals surface area (Å²) in [5.41, 5.74) is -28.3. The number of benzene rings is 5. The number of hydrogen-bond donors (Lipinski definition) is 1. The van der Waals surface area contributed by atoms with Crippen LogP contribution in [0.15, 0.2) is 128 Å². The monoisotopic (exact) mass is 1110 g/mol. The van der Waals surface area contributed by atoms with Gasteiger partial charge in [0.05, 0.1) is 44.5 Å². The maximum Gasteiger partial charge on any atom is 0.416 e. The standard InChI is InChI=1S/C32H12BF24.C14H13NOS/c34-25(35,36)13-1-14(26(37,38)39)6-21(5-13)33(22-7-15(27(40,41)42)2-16(8-22)28(43,44)45,23-9-17(29(46,47)48)3-18(10-23)30(49,50)51)24-11-19(31(52,53)54)4-20(12-24)32(55,56)57;16-14(13-4-2-1-3-5-13)10-15-8-6-12(11-17)7-9-15/h1-12H;1-9H,10-11H2/q-1;/p+1. The molecule has 28 heteroatoms. The highest BCUT2D eigenvalue weighted by molar-refractivity contribution is 7.79. The first-order valence-corrected chi connectivity index (χ1v) is 20.7. The van der Waals surface area contributed by atoms with Crippen molar-refractivity contribution in [1.82, 2.24) is 0 Å². The van der Waals surface area contributed by atoms with Crippen molar-refractivity contribution < 1.29 is 115 Å². The summed E-state index contributed by atoms with van der Waals surface area (Å²) in [5, 5.41) is 0. The SMILES string of the molecule is FC(F)(F)c1cc([B-](c2cc(C(F)(F)F)cc(C(F)(F)F)c2)(c2cc(C(F)(F)F)cc(C(F)(F)F)c2)c2cc(C(F)(F)F)cc(C(F)(F)F)c2)cc(C(F)(F)F)c1.O=C(C[n+]1ccc(CS)cc1)c1ccccc1. The summed E-state index contributed by atoms with van der Waals surface area (Å²) in [6.07, 6.45) is -51.0. The van der Waals surface area contributed by atoms with E-state index in [0.29, 0.717) is 12.3 Å². The van der Waals surface area contributed by atoms with Crippen LogP contribution < -0.4 is 26.4 Å². The van der Waals surface area contributed by atoms with Crippen LogP contribution in [0.2, 0.25) is 0 Å². The van der Waals surface area contributed by atoms with E-state index in [-0.39, 0.29) is 5.78 Å². The molecule has 6 aromatic rings. The van der Waals surface area contributed by atoms with Gasteiger partial charge in [-0.3, -0.25) is 4.79 Å². The Morgan fingerprint density at radius 1 is 0.365 bits per heavy atom. The highest BCUT2D eigenvalue weighted by Crippen LogP contribution is 2.41. The van der Waals surface area contributed by atoms with Crippen LogP contribution in [0.1, 0.15) is 60.4 Å². The quantitative estimate of drug-likeness (QED) is 0.0530. The lowest BCUT2D eigenvalue weighted by molar-refractivity contribution is -0.683. The Morgan fingerprint density at radius 2 is 0.595 bits per heavy atom. The van der Waals surface area contributed by atoms with Crippen LogP contribution in [-0.2, 0) is 61.7 Å². The lowest BCUT2D eigenvalue weighted by Crippen LogP contribution is -2.75. The van der Waals surface area contributed by atoms with E-state index in [1.165, 1.54) is 0 Å². The van der Waals surface area contributed by atoms with E-state index in [1.54, 1.807) is 0 Å². The molecule has 0 aliphatic heterocycles. The van der Waals surface area contributed by atoms with E-state index < -0.39 is 195 Å². The average Bonchev–Trinajstić information content (AvgIpc) is 3.27. The number of nitrogens with zero attached hydrogens (tertiary/aromatic N) is 1. The first kappa shape index (κ1) is 58.5. The molecule has 1 aromatic heterocycles. The van der Waals surface area contributed by atoms with Crippen LogP contribution in [0.25, 0.3) is 0 Å². The molecule has 5 aromatic carbocycles. The van der Waals surface area contributed by atoms with Crippen molar-refractivity contribution in [3.63, 3.8) is 0 Å². The minimum absolute atomic E-state index is 0.120. The molecule has 0 unspecified atom stereocenters. The molecule has 0 fully saturated rings. The summed E-state index contributed by atoms with van der Waals surface area (Å²) in [4.78, 5) is 11.9. The molecule has 0 N–H and O–H groups in total. The van der Waals surface area contributed by atoms with Gasteiger partial charge in [-0.25, -0.2) is 0 Å². The molecular weight excluding hydrogens is 1080 g/mol. The van der Waals surface area contributed by atoms with Gasteiger partial charge in [0.2, 0.25) is 12.3 Å². The van der Waals surface area contributed by atoms with Gasteiger partial charge in [0, 0.05) is 23.4 Å². The molecule has 0 spiro atoms. The normalized spacial score (nSPS) is 13.4. The van der Waals surface area contributed by atoms with Crippen LogP contribution in [0.4, 0.5) is 105 Å².